The van der Waals surface area contributed by atoms with Gasteiger partial charge in [0.1, 0.15) is 0 Å². The molecule has 1 aliphatic carbocycles. The standard InChI is InChI=1S/C9H13.C5H8.2CH3.H4Si.Ti/c1-6-5-7(2)9(4)8(6)3;1-3-5-4-2;;;;/h6H,1-4H3;3-5H,1H2,2H3;2*1H3;1H4;/q-1;;2*-1;;+3/t6-;;;;;/m0...../s1. The predicted octanol–water partition coefficient (Wildman–Crippen LogP) is 3.92. The van der Waals surface area contributed by atoms with Gasteiger partial charge in [-0.2, -0.15) is 11.1 Å². The fourth-order valence-corrected chi connectivity index (χ4v) is 1.30. The summed E-state index contributed by atoms with van der Waals surface area (Å²) < 4.78 is 0. The number of allylic oxidation sites excluding steroid dienone is 7. The fourth-order valence-electron chi connectivity index (χ4n) is 1.30. The average Bonchev–Trinajstić information content (AvgIpc) is 2.36. The van der Waals surface area contributed by atoms with Crippen LogP contribution in [0, 0.1) is 26.8 Å². The summed E-state index contributed by atoms with van der Waals surface area (Å²) in [5.41, 5.74) is 4.25. The predicted molar refractivity (Wildman–Crippen MR) is 89.1 cm³/mol. The van der Waals surface area contributed by atoms with Crippen LogP contribution in [0.15, 0.2) is 41.5 Å². The van der Waals surface area contributed by atoms with Gasteiger partial charge in [0.25, 0.3) is 0 Å². The van der Waals surface area contributed by atoms with Crippen molar-refractivity contribution >= 4 is 11.0 Å². The SMILES string of the molecule is C=CC=CC.CC1=[C-][C@H](C)C(C)=C1C.[CH3-].[CH3-].[SiH4].[Ti+3]. The Kier molecular flexibility index (Phi) is 28.8. The molecule has 0 unspecified atom stereocenters. The Bertz CT molecular complexity index is 285. The van der Waals surface area contributed by atoms with Crippen LogP contribution in [-0.2, 0) is 21.7 Å². The Hall–Kier alpha value is -0.109. The van der Waals surface area contributed by atoms with Crippen molar-refractivity contribution in [1.82, 2.24) is 0 Å². The molecule has 0 aromatic carbocycles. The summed E-state index contributed by atoms with van der Waals surface area (Å²) in [7, 11) is 0. The van der Waals surface area contributed by atoms with Gasteiger partial charge in [-0.1, -0.05) is 51.5 Å². The second-order valence-electron chi connectivity index (χ2n) is 3.56. The van der Waals surface area contributed by atoms with Crippen LogP contribution in [0.3, 0.4) is 0 Å². The molecule has 0 spiro atoms. The molecular formula is C16H31SiTi. The van der Waals surface area contributed by atoms with Gasteiger partial charge in [0.05, 0.1) is 0 Å². The second-order valence-corrected chi connectivity index (χ2v) is 3.56. The first-order valence-corrected chi connectivity index (χ1v) is 5.06. The van der Waals surface area contributed by atoms with E-state index in [0.29, 0.717) is 5.92 Å². The quantitative estimate of drug-likeness (QED) is 0.391. The molecule has 103 valence electrons. The molecule has 0 bridgehead atoms. The molecule has 0 N–H and O–H groups in total. The van der Waals surface area contributed by atoms with Crippen LogP contribution in [0.5, 0.6) is 0 Å². The van der Waals surface area contributed by atoms with Crippen LogP contribution >= 0.6 is 0 Å². The Morgan fingerprint density at radius 3 is 1.67 bits per heavy atom. The Labute approximate surface area is 135 Å². The summed E-state index contributed by atoms with van der Waals surface area (Å²) in [6, 6.07) is 0. The van der Waals surface area contributed by atoms with Crippen molar-refractivity contribution in [2.45, 2.75) is 34.6 Å². The fraction of sp³-hybridized carbons (Fsp3) is 0.375. The van der Waals surface area contributed by atoms with Crippen LogP contribution in [0.2, 0.25) is 0 Å². The van der Waals surface area contributed by atoms with Gasteiger partial charge in [-0.25, -0.2) is 5.57 Å². The minimum atomic E-state index is 0. The smallest absolute Gasteiger partial charge is 0.358 e. The molecule has 0 amide bonds. The topological polar surface area (TPSA) is 0 Å². The molecule has 0 nitrogen and oxygen atoms in total. The van der Waals surface area contributed by atoms with E-state index in [-0.39, 0.29) is 47.5 Å². The minimum absolute atomic E-state index is 0. The van der Waals surface area contributed by atoms with E-state index < -0.39 is 0 Å². The van der Waals surface area contributed by atoms with Gasteiger partial charge in [-0.15, -0.1) is 6.92 Å². The van der Waals surface area contributed by atoms with E-state index in [0.717, 1.165) is 0 Å². The summed E-state index contributed by atoms with van der Waals surface area (Å²) >= 11 is 0. The van der Waals surface area contributed by atoms with Crippen molar-refractivity contribution in [3.8, 4) is 0 Å². The monoisotopic (exact) mass is 299 g/mol. The summed E-state index contributed by atoms with van der Waals surface area (Å²) in [5.74, 6) is 0.560. The normalized spacial score (nSPS) is 16.1. The molecule has 1 rings (SSSR count). The molecule has 18 heavy (non-hydrogen) atoms. The molecule has 0 heterocycles. The molecule has 0 aromatic heterocycles. The molecule has 0 aliphatic heterocycles. The zero-order valence-corrected chi connectivity index (χ0v) is 14.1. The van der Waals surface area contributed by atoms with E-state index in [9.17, 15) is 0 Å². The average molecular weight is 299 g/mol. The second kappa shape index (κ2) is 16.9. The molecule has 0 aromatic rings. The summed E-state index contributed by atoms with van der Waals surface area (Å²) in [4.78, 5) is 0. The van der Waals surface area contributed by atoms with Crippen molar-refractivity contribution in [1.29, 1.82) is 0 Å². The van der Waals surface area contributed by atoms with E-state index >= 15 is 0 Å². The Morgan fingerprint density at radius 2 is 1.61 bits per heavy atom. The van der Waals surface area contributed by atoms with E-state index in [1.807, 2.05) is 19.1 Å². The van der Waals surface area contributed by atoms with Crippen LogP contribution in [0.25, 0.3) is 0 Å². The van der Waals surface area contributed by atoms with E-state index in [4.69, 9.17) is 0 Å². The van der Waals surface area contributed by atoms with Crippen molar-refractivity contribution in [2.75, 3.05) is 0 Å². The first-order chi connectivity index (χ1) is 6.54. The molecule has 0 fully saturated rings. The largest absolute Gasteiger partial charge is 3.00 e. The summed E-state index contributed by atoms with van der Waals surface area (Å²) in [5, 5.41) is 0. The van der Waals surface area contributed by atoms with Crippen molar-refractivity contribution in [2.24, 2.45) is 5.92 Å². The molecular weight excluding hydrogens is 268 g/mol. The Morgan fingerprint density at radius 1 is 1.17 bits per heavy atom. The third kappa shape index (κ3) is 11.0. The van der Waals surface area contributed by atoms with Crippen LogP contribution in [0.4, 0.5) is 0 Å². The van der Waals surface area contributed by atoms with Gasteiger partial charge in [-0.3, -0.25) is 6.08 Å². The van der Waals surface area contributed by atoms with Crippen molar-refractivity contribution in [3.05, 3.63) is 62.5 Å². The van der Waals surface area contributed by atoms with Crippen molar-refractivity contribution in [3.63, 3.8) is 0 Å². The van der Waals surface area contributed by atoms with E-state index in [1.165, 1.54) is 16.7 Å². The third-order valence-electron chi connectivity index (χ3n) is 2.57. The van der Waals surface area contributed by atoms with Crippen LogP contribution in [-0.4, -0.2) is 11.0 Å². The molecule has 0 saturated carbocycles. The number of hydrogen-bond acceptors (Lipinski definition) is 0. The third-order valence-corrected chi connectivity index (χ3v) is 2.57. The minimum Gasteiger partial charge on any atom is -0.358 e. The zero-order chi connectivity index (χ0) is 11.1. The first kappa shape index (κ1) is 30.7. The molecule has 1 atom stereocenters. The van der Waals surface area contributed by atoms with Gasteiger partial charge in [0, 0.05) is 0 Å². The van der Waals surface area contributed by atoms with Crippen LogP contribution < -0.4 is 0 Å². The van der Waals surface area contributed by atoms with Gasteiger partial charge in [0.2, 0.25) is 0 Å². The van der Waals surface area contributed by atoms with Gasteiger partial charge < -0.3 is 14.9 Å². The van der Waals surface area contributed by atoms with Crippen molar-refractivity contribution < 1.29 is 21.7 Å². The summed E-state index contributed by atoms with van der Waals surface area (Å²) in [6.07, 6.45) is 8.94. The summed E-state index contributed by atoms with van der Waals surface area (Å²) in [6.45, 7) is 14.1. The van der Waals surface area contributed by atoms with E-state index in [2.05, 4.69) is 40.3 Å². The zero-order valence-electron chi connectivity index (χ0n) is 12.5. The molecule has 1 radical (unpaired) electrons. The maximum atomic E-state index is 3.46. The maximum absolute atomic E-state index is 3.46. The maximum Gasteiger partial charge on any atom is 3.00 e. The number of hydrogen-bond donors (Lipinski definition) is 0. The molecule has 2 heteroatoms. The Balaban J connectivity index is -0.0000000567. The van der Waals surface area contributed by atoms with Gasteiger partial charge in [0.15, 0.2) is 0 Å². The number of rotatable bonds is 1. The van der Waals surface area contributed by atoms with Gasteiger partial charge in [-0.05, 0) is 17.9 Å². The molecule has 1 aliphatic rings. The van der Waals surface area contributed by atoms with E-state index in [1.54, 1.807) is 6.08 Å². The van der Waals surface area contributed by atoms with Gasteiger partial charge >= 0.3 is 21.7 Å². The first-order valence-electron chi connectivity index (χ1n) is 5.06. The van der Waals surface area contributed by atoms with Crippen LogP contribution in [0.1, 0.15) is 34.6 Å². The molecule has 0 saturated heterocycles.